The van der Waals surface area contributed by atoms with E-state index in [1.165, 1.54) is 24.9 Å². The molecule has 4 nitrogen and oxygen atoms in total. The van der Waals surface area contributed by atoms with E-state index in [4.69, 9.17) is 5.11 Å². The quantitative estimate of drug-likeness (QED) is 0.871. The van der Waals surface area contributed by atoms with Gasteiger partial charge in [0.2, 0.25) is 0 Å². The van der Waals surface area contributed by atoms with Crippen molar-refractivity contribution in [3.63, 3.8) is 0 Å². The molecule has 0 saturated heterocycles. The molecule has 7 heteroatoms. The molecule has 0 fully saturated rings. The molecule has 0 aliphatic carbocycles. The lowest BCUT2D eigenvalue weighted by molar-refractivity contribution is -0.164. The molecule has 1 aromatic heterocycles. The van der Waals surface area contributed by atoms with Crippen molar-refractivity contribution in [1.82, 2.24) is 9.78 Å². The lowest BCUT2D eigenvalue weighted by atomic mass is 9.98. The van der Waals surface area contributed by atoms with Crippen molar-refractivity contribution in [2.45, 2.75) is 25.4 Å². The molecule has 1 rings (SSSR count). The highest BCUT2D eigenvalue weighted by molar-refractivity contribution is 5.68. The fraction of sp³-hybridized carbons (Fsp3) is 0.556. The second-order valence-electron chi connectivity index (χ2n) is 3.56. The number of rotatable bonds is 3. The molecular formula is C9H11F3N2O2. The Morgan fingerprint density at radius 2 is 2.19 bits per heavy atom. The first-order chi connectivity index (χ1) is 7.21. The lowest BCUT2D eigenvalue weighted by Crippen LogP contribution is -2.24. The topological polar surface area (TPSA) is 55.1 Å². The number of alkyl halides is 3. The first-order valence-corrected chi connectivity index (χ1v) is 4.50. The number of aryl methyl sites for hydroxylation is 2. The molecule has 0 bridgehead atoms. The van der Waals surface area contributed by atoms with Gasteiger partial charge >= 0.3 is 12.1 Å². The fourth-order valence-corrected chi connectivity index (χ4v) is 1.51. The number of carboxylic acids is 1. The SMILES string of the molecule is Cc1cn(C)nc1C(CC(=O)O)C(F)(F)F. The van der Waals surface area contributed by atoms with Gasteiger partial charge in [-0.1, -0.05) is 0 Å². The van der Waals surface area contributed by atoms with Crippen LogP contribution in [0.25, 0.3) is 0 Å². The summed E-state index contributed by atoms with van der Waals surface area (Å²) in [6.07, 6.45) is -4.17. The molecule has 1 aromatic rings. The summed E-state index contributed by atoms with van der Waals surface area (Å²) in [6.45, 7) is 1.48. The molecule has 0 saturated carbocycles. The highest BCUT2D eigenvalue weighted by Gasteiger charge is 2.44. The van der Waals surface area contributed by atoms with Gasteiger partial charge in [-0.15, -0.1) is 0 Å². The largest absolute Gasteiger partial charge is 0.481 e. The number of hydrogen-bond donors (Lipinski definition) is 1. The van der Waals surface area contributed by atoms with Crippen LogP contribution in [-0.4, -0.2) is 27.0 Å². The van der Waals surface area contributed by atoms with Crippen LogP contribution in [-0.2, 0) is 11.8 Å². The van der Waals surface area contributed by atoms with Crippen LogP contribution in [0.15, 0.2) is 6.20 Å². The first-order valence-electron chi connectivity index (χ1n) is 4.50. The average molecular weight is 236 g/mol. The van der Waals surface area contributed by atoms with E-state index in [2.05, 4.69) is 5.10 Å². The molecule has 0 amide bonds. The fourth-order valence-electron chi connectivity index (χ4n) is 1.51. The molecule has 0 aliphatic heterocycles. The summed E-state index contributed by atoms with van der Waals surface area (Å²) in [6, 6.07) is 0. The molecule has 16 heavy (non-hydrogen) atoms. The van der Waals surface area contributed by atoms with Gasteiger partial charge in [0.15, 0.2) is 0 Å². The third-order valence-electron chi connectivity index (χ3n) is 2.15. The predicted molar refractivity (Wildman–Crippen MR) is 49.0 cm³/mol. The van der Waals surface area contributed by atoms with Crippen LogP contribution < -0.4 is 0 Å². The molecule has 1 unspecified atom stereocenters. The standard InChI is InChI=1S/C9H11F3N2O2/c1-5-4-14(2)13-8(5)6(3-7(15)16)9(10,11)12/h4,6H,3H2,1-2H3,(H,15,16). The third kappa shape index (κ3) is 2.74. The van der Waals surface area contributed by atoms with Gasteiger partial charge in [-0.2, -0.15) is 18.3 Å². The molecule has 1 N–H and O–H groups in total. The van der Waals surface area contributed by atoms with E-state index in [1.807, 2.05) is 0 Å². The molecule has 1 atom stereocenters. The molecule has 0 spiro atoms. The number of carboxylic acid groups (broad SMARTS) is 1. The van der Waals surface area contributed by atoms with Crippen LogP contribution >= 0.6 is 0 Å². The monoisotopic (exact) mass is 236 g/mol. The van der Waals surface area contributed by atoms with Crippen molar-refractivity contribution < 1.29 is 23.1 Å². The average Bonchev–Trinajstić information content (AvgIpc) is 2.38. The number of aliphatic carboxylic acids is 1. The summed E-state index contributed by atoms with van der Waals surface area (Å²) in [5.41, 5.74) is 0.114. The van der Waals surface area contributed by atoms with Crippen molar-refractivity contribution in [3.8, 4) is 0 Å². The van der Waals surface area contributed by atoms with E-state index < -0.39 is 24.5 Å². The summed E-state index contributed by atoms with van der Waals surface area (Å²) in [5, 5.41) is 12.1. The molecule has 1 heterocycles. The van der Waals surface area contributed by atoms with Gasteiger partial charge in [-0.05, 0) is 12.5 Å². The minimum absolute atomic E-state index is 0.225. The summed E-state index contributed by atoms with van der Waals surface area (Å²) in [5.74, 6) is -3.54. The second-order valence-corrected chi connectivity index (χ2v) is 3.56. The van der Waals surface area contributed by atoms with E-state index in [-0.39, 0.29) is 5.69 Å². The molecule has 0 aromatic carbocycles. The van der Waals surface area contributed by atoms with E-state index in [0.29, 0.717) is 5.56 Å². The Labute approximate surface area is 89.7 Å². The van der Waals surface area contributed by atoms with Crippen molar-refractivity contribution in [2.24, 2.45) is 7.05 Å². The van der Waals surface area contributed by atoms with E-state index in [9.17, 15) is 18.0 Å². The molecule has 0 aliphatic rings. The highest BCUT2D eigenvalue weighted by atomic mass is 19.4. The number of carbonyl (C=O) groups is 1. The summed E-state index contributed by atoms with van der Waals surface area (Å²) >= 11 is 0. The molecule has 90 valence electrons. The number of halogens is 3. The minimum atomic E-state index is -4.60. The predicted octanol–water partition coefficient (Wildman–Crippen LogP) is 1.85. The molecule has 0 radical (unpaired) electrons. The maximum absolute atomic E-state index is 12.6. The van der Waals surface area contributed by atoms with Crippen LogP contribution in [0.2, 0.25) is 0 Å². The highest BCUT2D eigenvalue weighted by Crippen LogP contribution is 2.37. The van der Waals surface area contributed by atoms with Gasteiger partial charge < -0.3 is 5.11 Å². The van der Waals surface area contributed by atoms with Crippen molar-refractivity contribution in [1.29, 1.82) is 0 Å². The Balaban J connectivity index is 3.11. The summed E-state index contributed by atoms with van der Waals surface area (Å²) in [7, 11) is 1.49. The number of nitrogens with zero attached hydrogens (tertiary/aromatic N) is 2. The molecular weight excluding hydrogens is 225 g/mol. The zero-order valence-electron chi connectivity index (χ0n) is 8.75. The van der Waals surface area contributed by atoms with E-state index in [1.54, 1.807) is 0 Å². The van der Waals surface area contributed by atoms with Crippen LogP contribution in [0.4, 0.5) is 13.2 Å². The van der Waals surface area contributed by atoms with Gasteiger partial charge in [0.05, 0.1) is 12.1 Å². The Morgan fingerprint density at radius 3 is 2.50 bits per heavy atom. The van der Waals surface area contributed by atoms with E-state index in [0.717, 1.165) is 0 Å². The van der Waals surface area contributed by atoms with Crippen LogP contribution in [0, 0.1) is 6.92 Å². The van der Waals surface area contributed by atoms with Crippen molar-refractivity contribution in [3.05, 3.63) is 17.5 Å². The Hall–Kier alpha value is -1.53. The van der Waals surface area contributed by atoms with Gasteiger partial charge in [0.1, 0.15) is 5.92 Å². The number of aromatic nitrogens is 2. The van der Waals surface area contributed by atoms with Gasteiger partial charge in [0.25, 0.3) is 0 Å². The maximum Gasteiger partial charge on any atom is 0.397 e. The van der Waals surface area contributed by atoms with Crippen molar-refractivity contribution >= 4 is 5.97 Å². The summed E-state index contributed by atoms with van der Waals surface area (Å²) in [4.78, 5) is 10.4. The van der Waals surface area contributed by atoms with Gasteiger partial charge in [-0.3, -0.25) is 9.48 Å². The lowest BCUT2D eigenvalue weighted by Gasteiger charge is -2.17. The minimum Gasteiger partial charge on any atom is -0.481 e. The normalized spacial score (nSPS) is 13.8. The maximum atomic E-state index is 12.6. The van der Waals surface area contributed by atoms with Crippen LogP contribution in [0.3, 0.4) is 0 Å². The third-order valence-corrected chi connectivity index (χ3v) is 2.15. The van der Waals surface area contributed by atoms with Crippen molar-refractivity contribution in [2.75, 3.05) is 0 Å². The number of hydrogen-bond acceptors (Lipinski definition) is 2. The smallest absolute Gasteiger partial charge is 0.397 e. The second kappa shape index (κ2) is 4.15. The van der Waals surface area contributed by atoms with E-state index >= 15 is 0 Å². The zero-order valence-corrected chi connectivity index (χ0v) is 8.75. The Morgan fingerprint density at radius 1 is 1.62 bits per heavy atom. The van der Waals surface area contributed by atoms with Gasteiger partial charge in [0, 0.05) is 13.2 Å². The Bertz CT molecular complexity index is 398. The van der Waals surface area contributed by atoms with Crippen LogP contribution in [0.5, 0.6) is 0 Å². The van der Waals surface area contributed by atoms with Gasteiger partial charge in [-0.25, -0.2) is 0 Å². The van der Waals surface area contributed by atoms with Crippen LogP contribution in [0.1, 0.15) is 23.6 Å². The Kier molecular flexibility index (Phi) is 3.25. The summed E-state index contributed by atoms with van der Waals surface area (Å²) < 4.78 is 39.2. The zero-order chi connectivity index (χ0) is 12.5. The first kappa shape index (κ1) is 12.5.